The van der Waals surface area contributed by atoms with Gasteiger partial charge in [-0.15, -0.1) is 0 Å². The molecular weight excluding hydrogens is 240 g/mol. The van der Waals surface area contributed by atoms with Crippen LogP contribution in [0.25, 0.3) is 0 Å². The minimum atomic E-state index is 0.453. The Labute approximate surface area is 102 Å². The molecule has 8 heteroatoms. The molecule has 0 bridgehead atoms. The second-order valence-corrected chi connectivity index (χ2v) is 4.22. The number of nitrogens with zero attached hydrogens (tertiary/aromatic N) is 4. The number of methoxy groups -OCH3 is 1. The highest BCUT2D eigenvalue weighted by Gasteiger charge is 2.13. The highest BCUT2D eigenvalue weighted by Crippen LogP contribution is 2.35. The number of anilines is 1. The molecule has 0 radical (unpaired) electrons. The van der Waals surface area contributed by atoms with E-state index in [2.05, 4.69) is 20.5 Å². The van der Waals surface area contributed by atoms with Gasteiger partial charge < -0.3 is 10.2 Å². The van der Waals surface area contributed by atoms with E-state index >= 15 is 0 Å². The van der Waals surface area contributed by atoms with E-state index in [0.717, 1.165) is 4.90 Å². The van der Waals surface area contributed by atoms with Crippen LogP contribution in [0, 0.1) is 0 Å². The summed E-state index contributed by atoms with van der Waals surface area (Å²) in [5.74, 6) is 6.32. The summed E-state index contributed by atoms with van der Waals surface area (Å²) in [6.45, 7) is 0. The molecule has 0 spiro atoms. The lowest BCUT2D eigenvalue weighted by molar-refractivity contribution is 0.400. The predicted octanol–water partition coefficient (Wildman–Crippen LogP) is 0.655. The Kier molecular flexibility index (Phi) is 3.45. The third-order valence-corrected chi connectivity index (χ3v) is 2.94. The Balaban J connectivity index is 2.32. The normalized spacial score (nSPS) is 10.3. The number of hydrogen-bond donors (Lipinski definition) is 2. The molecule has 2 aromatic rings. The van der Waals surface area contributed by atoms with Gasteiger partial charge in [0.25, 0.3) is 0 Å². The molecule has 0 aliphatic rings. The summed E-state index contributed by atoms with van der Waals surface area (Å²) >= 11 is 1.43. The van der Waals surface area contributed by atoms with Gasteiger partial charge in [0, 0.05) is 13.2 Å². The number of aryl methyl sites for hydroxylation is 1. The number of hydrogen-bond acceptors (Lipinski definition) is 7. The molecule has 2 aromatic heterocycles. The molecule has 0 aliphatic carbocycles. The van der Waals surface area contributed by atoms with Crippen LogP contribution in [0.5, 0.6) is 5.75 Å². The number of nitrogens with two attached hydrogens (primary N) is 1. The fraction of sp³-hybridized carbons (Fsp3) is 0.222. The van der Waals surface area contributed by atoms with Gasteiger partial charge in [-0.25, -0.2) is 15.8 Å². The molecule has 0 saturated heterocycles. The van der Waals surface area contributed by atoms with E-state index in [4.69, 9.17) is 10.6 Å². The summed E-state index contributed by atoms with van der Waals surface area (Å²) < 4.78 is 6.95. The number of ether oxygens (including phenoxy) is 1. The van der Waals surface area contributed by atoms with E-state index in [0.29, 0.717) is 16.6 Å². The Bertz CT molecular complexity index is 514. The van der Waals surface area contributed by atoms with E-state index in [1.54, 1.807) is 18.0 Å². The summed E-state index contributed by atoms with van der Waals surface area (Å²) in [5.41, 5.74) is 2.47. The second kappa shape index (κ2) is 5.02. The van der Waals surface area contributed by atoms with Crippen LogP contribution < -0.4 is 16.0 Å². The van der Waals surface area contributed by atoms with Crippen molar-refractivity contribution in [1.29, 1.82) is 0 Å². The predicted molar refractivity (Wildman–Crippen MR) is 63.7 cm³/mol. The summed E-state index contributed by atoms with van der Waals surface area (Å²) in [6, 6.07) is 0. The van der Waals surface area contributed by atoms with E-state index in [-0.39, 0.29) is 0 Å². The quantitative estimate of drug-likeness (QED) is 0.469. The molecule has 2 rings (SSSR count). The smallest absolute Gasteiger partial charge is 0.195 e. The molecule has 0 amide bonds. The standard InChI is InChI=1S/C9H12N6OS/c1-15-4-6(3-13-15)17-9-7(16-2)8(14-10)11-5-12-9/h3-5H,10H2,1-2H3,(H,11,12,14). The lowest BCUT2D eigenvalue weighted by Gasteiger charge is -2.09. The lowest BCUT2D eigenvalue weighted by Crippen LogP contribution is -2.10. The van der Waals surface area contributed by atoms with Gasteiger partial charge in [-0.3, -0.25) is 4.68 Å². The first-order chi connectivity index (χ1) is 8.24. The lowest BCUT2D eigenvalue weighted by atomic mass is 10.5. The molecule has 0 aliphatic heterocycles. The van der Waals surface area contributed by atoms with Crippen LogP contribution in [0.4, 0.5) is 5.82 Å². The van der Waals surface area contributed by atoms with Gasteiger partial charge in [0.2, 0.25) is 0 Å². The van der Waals surface area contributed by atoms with Crippen LogP contribution in [0.15, 0.2) is 28.6 Å². The van der Waals surface area contributed by atoms with E-state index in [1.165, 1.54) is 18.1 Å². The van der Waals surface area contributed by atoms with Gasteiger partial charge in [-0.1, -0.05) is 11.8 Å². The molecule has 0 unspecified atom stereocenters. The van der Waals surface area contributed by atoms with E-state index in [9.17, 15) is 0 Å². The zero-order valence-corrected chi connectivity index (χ0v) is 10.2. The average Bonchev–Trinajstić information content (AvgIpc) is 2.74. The molecule has 0 atom stereocenters. The van der Waals surface area contributed by atoms with Gasteiger partial charge in [-0.05, 0) is 0 Å². The number of aromatic nitrogens is 4. The molecule has 0 fully saturated rings. The molecule has 0 saturated carbocycles. The molecule has 3 N–H and O–H groups in total. The highest BCUT2D eigenvalue weighted by atomic mass is 32.2. The fourth-order valence-corrected chi connectivity index (χ4v) is 2.18. The number of nitrogens with one attached hydrogen (secondary N) is 1. The maximum absolute atomic E-state index is 5.35. The van der Waals surface area contributed by atoms with Crippen LogP contribution in [-0.4, -0.2) is 26.9 Å². The Morgan fingerprint density at radius 2 is 2.29 bits per heavy atom. The number of hydrazine groups is 1. The van der Waals surface area contributed by atoms with Crippen LogP contribution >= 0.6 is 11.8 Å². The summed E-state index contributed by atoms with van der Waals surface area (Å²) in [4.78, 5) is 9.09. The molecule has 2 heterocycles. The van der Waals surface area contributed by atoms with Crippen LogP contribution in [0.3, 0.4) is 0 Å². The van der Waals surface area contributed by atoms with Crippen molar-refractivity contribution in [2.24, 2.45) is 12.9 Å². The van der Waals surface area contributed by atoms with Crippen molar-refractivity contribution >= 4 is 17.6 Å². The molecular formula is C9H12N6OS. The monoisotopic (exact) mass is 252 g/mol. The van der Waals surface area contributed by atoms with E-state index in [1.807, 2.05) is 13.2 Å². The minimum absolute atomic E-state index is 0.453. The van der Waals surface area contributed by atoms with Gasteiger partial charge in [0.1, 0.15) is 11.4 Å². The number of nitrogen functional groups attached to an aromatic ring is 1. The van der Waals surface area contributed by atoms with Crippen molar-refractivity contribution in [1.82, 2.24) is 19.7 Å². The number of rotatable bonds is 4. The molecule has 90 valence electrons. The van der Waals surface area contributed by atoms with Crippen molar-refractivity contribution in [2.45, 2.75) is 9.92 Å². The first-order valence-corrected chi connectivity index (χ1v) is 5.58. The third-order valence-electron chi connectivity index (χ3n) is 2.01. The maximum Gasteiger partial charge on any atom is 0.195 e. The van der Waals surface area contributed by atoms with Crippen LogP contribution in [0.2, 0.25) is 0 Å². The zero-order valence-electron chi connectivity index (χ0n) is 9.41. The van der Waals surface area contributed by atoms with Gasteiger partial charge in [0.15, 0.2) is 11.6 Å². The van der Waals surface area contributed by atoms with Crippen LogP contribution in [-0.2, 0) is 7.05 Å². The minimum Gasteiger partial charge on any atom is -0.490 e. The molecule has 0 aromatic carbocycles. The summed E-state index contributed by atoms with van der Waals surface area (Å²) in [6.07, 6.45) is 5.07. The largest absolute Gasteiger partial charge is 0.490 e. The summed E-state index contributed by atoms with van der Waals surface area (Å²) in [5, 5.41) is 4.77. The fourth-order valence-electron chi connectivity index (χ4n) is 1.28. The second-order valence-electron chi connectivity index (χ2n) is 3.16. The SMILES string of the molecule is COc1c(NN)ncnc1Sc1cnn(C)c1. The Hall–Kier alpha value is -1.80. The van der Waals surface area contributed by atoms with Crippen molar-refractivity contribution < 1.29 is 4.74 Å². The van der Waals surface area contributed by atoms with E-state index < -0.39 is 0 Å². The van der Waals surface area contributed by atoms with Gasteiger partial charge in [0.05, 0.1) is 18.2 Å². The van der Waals surface area contributed by atoms with Crippen molar-refractivity contribution in [3.8, 4) is 5.75 Å². The zero-order chi connectivity index (χ0) is 12.3. The van der Waals surface area contributed by atoms with Crippen molar-refractivity contribution in [3.63, 3.8) is 0 Å². The third kappa shape index (κ3) is 2.48. The first-order valence-electron chi connectivity index (χ1n) is 4.76. The maximum atomic E-state index is 5.35. The Morgan fingerprint density at radius 1 is 1.47 bits per heavy atom. The van der Waals surface area contributed by atoms with Crippen molar-refractivity contribution in [2.75, 3.05) is 12.5 Å². The van der Waals surface area contributed by atoms with Gasteiger partial charge >= 0.3 is 0 Å². The molecule has 17 heavy (non-hydrogen) atoms. The average molecular weight is 252 g/mol. The first kappa shape index (κ1) is 11.7. The Morgan fingerprint density at radius 3 is 2.88 bits per heavy atom. The summed E-state index contributed by atoms with van der Waals surface area (Å²) in [7, 11) is 3.40. The molecule has 7 nitrogen and oxygen atoms in total. The topological polar surface area (TPSA) is 90.9 Å². The van der Waals surface area contributed by atoms with Crippen molar-refractivity contribution in [3.05, 3.63) is 18.7 Å². The highest BCUT2D eigenvalue weighted by molar-refractivity contribution is 7.99. The van der Waals surface area contributed by atoms with Gasteiger partial charge in [-0.2, -0.15) is 5.10 Å². The van der Waals surface area contributed by atoms with Crippen LogP contribution in [0.1, 0.15) is 0 Å².